The van der Waals surface area contributed by atoms with Gasteiger partial charge in [-0.25, -0.2) is 9.48 Å². The first-order valence-electron chi connectivity index (χ1n) is 9.11. The molecule has 3 aromatic rings. The Balaban J connectivity index is 1.73. The number of esters is 1. The SMILES string of the molecule is CCOc1ccc(NC(=O)[C@@H](C)OC(=O)c2nn(C)c(=O)c3ccccc23)cc1. The quantitative estimate of drug-likeness (QED) is 0.644. The number of nitrogens with zero attached hydrogens (tertiary/aromatic N) is 2. The summed E-state index contributed by atoms with van der Waals surface area (Å²) in [7, 11) is 1.45. The molecule has 0 aliphatic rings. The molecule has 2 aromatic carbocycles. The van der Waals surface area contributed by atoms with Gasteiger partial charge < -0.3 is 14.8 Å². The molecule has 1 amide bonds. The van der Waals surface area contributed by atoms with Crippen LogP contribution in [0.2, 0.25) is 0 Å². The summed E-state index contributed by atoms with van der Waals surface area (Å²) in [5.41, 5.74) is 0.203. The molecule has 0 saturated heterocycles. The molecule has 1 atom stereocenters. The Labute approximate surface area is 167 Å². The van der Waals surface area contributed by atoms with E-state index in [1.807, 2.05) is 6.92 Å². The Hall–Kier alpha value is -3.68. The van der Waals surface area contributed by atoms with E-state index in [1.54, 1.807) is 48.5 Å². The lowest BCUT2D eigenvalue weighted by Gasteiger charge is -2.14. The van der Waals surface area contributed by atoms with Gasteiger partial charge in [0.05, 0.1) is 12.0 Å². The van der Waals surface area contributed by atoms with Crippen molar-refractivity contribution in [2.75, 3.05) is 11.9 Å². The fourth-order valence-electron chi connectivity index (χ4n) is 2.77. The van der Waals surface area contributed by atoms with Crippen molar-refractivity contribution in [2.45, 2.75) is 20.0 Å². The van der Waals surface area contributed by atoms with Crippen molar-refractivity contribution in [1.29, 1.82) is 0 Å². The van der Waals surface area contributed by atoms with Crippen molar-refractivity contribution in [3.63, 3.8) is 0 Å². The summed E-state index contributed by atoms with van der Waals surface area (Å²) in [6.45, 7) is 3.90. The highest BCUT2D eigenvalue weighted by atomic mass is 16.5. The van der Waals surface area contributed by atoms with E-state index in [0.29, 0.717) is 28.8 Å². The lowest BCUT2D eigenvalue weighted by Crippen LogP contribution is -2.31. The number of aromatic nitrogens is 2. The topological polar surface area (TPSA) is 99.5 Å². The number of benzene rings is 2. The number of hydrogen-bond donors (Lipinski definition) is 1. The lowest BCUT2D eigenvalue weighted by molar-refractivity contribution is -0.123. The summed E-state index contributed by atoms with van der Waals surface area (Å²) in [5, 5.41) is 7.41. The van der Waals surface area contributed by atoms with Crippen molar-refractivity contribution >= 4 is 28.3 Å². The maximum atomic E-state index is 12.6. The molecule has 150 valence electrons. The summed E-state index contributed by atoms with van der Waals surface area (Å²) >= 11 is 0. The minimum absolute atomic E-state index is 0.0246. The van der Waals surface area contributed by atoms with E-state index in [4.69, 9.17) is 9.47 Å². The van der Waals surface area contributed by atoms with Crippen LogP contribution < -0.4 is 15.6 Å². The largest absolute Gasteiger partial charge is 0.494 e. The number of fused-ring (bicyclic) bond motifs is 1. The minimum Gasteiger partial charge on any atom is -0.494 e. The molecule has 0 aliphatic carbocycles. The van der Waals surface area contributed by atoms with Gasteiger partial charge in [-0.15, -0.1) is 0 Å². The highest BCUT2D eigenvalue weighted by molar-refractivity contribution is 6.03. The van der Waals surface area contributed by atoms with Crippen LogP contribution in [0.15, 0.2) is 53.3 Å². The Kier molecular flexibility index (Phi) is 5.92. The molecule has 0 saturated carbocycles. The van der Waals surface area contributed by atoms with Gasteiger partial charge in [-0.05, 0) is 44.2 Å². The molecule has 0 unspecified atom stereocenters. The molecule has 3 rings (SSSR count). The van der Waals surface area contributed by atoms with Crippen molar-refractivity contribution in [1.82, 2.24) is 9.78 Å². The molecule has 0 aliphatic heterocycles. The highest BCUT2D eigenvalue weighted by Gasteiger charge is 2.23. The average Bonchev–Trinajstić information content (AvgIpc) is 2.72. The third-order valence-electron chi connectivity index (χ3n) is 4.24. The van der Waals surface area contributed by atoms with Gasteiger partial charge in [0.1, 0.15) is 5.75 Å². The predicted molar refractivity (Wildman–Crippen MR) is 108 cm³/mol. The lowest BCUT2D eigenvalue weighted by atomic mass is 10.1. The molecule has 0 radical (unpaired) electrons. The molecule has 1 aromatic heterocycles. The van der Waals surface area contributed by atoms with Crippen LogP contribution in [0.4, 0.5) is 5.69 Å². The van der Waals surface area contributed by atoms with Crippen molar-refractivity contribution in [2.24, 2.45) is 7.05 Å². The van der Waals surface area contributed by atoms with Crippen LogP contribution in [0.5, 0.6) is 5.75 Å². The van der Waals surface area contributed by atoms with Gasteiger partial charge in [0.25, 0.3) is 11.5 Å². The van der Waals surface area contributed by atoms with Crippen LogP contribution in [0.3, 0.4) is 0 Å². The van der Waals surface area contributed by atoms with E-state index in [2.05, 4.69) is 10.4 Å². The average molecular weight is 395 g/mol. The van der Waals surface area contributed by atoms with Crippen LogP contribution >= 0.6 is 0 Å². The Morgan fingerprint density at radius 3 is 2.41 bits per heavy atom. The molecule has 8 heteroatoms. The Morgan fingerprint density at radius 1 is 1.10 bits per heavy atom. The molecule has 1 heterocycles. The van der Waals surface area contributed by atoms with E-state index in [0.717, 1.165) is 4.68 Å². The molecule has 0 bridgehead atoms. The second kappa shape index (κ2) is 8.55. The van der Waals surface area contributed by atoms with Crippen LogP contribution in [0.1, 0.15) is 24.3 Å². The molecule has 0 spiro atoms. The van der Waals surface area contributed by atoms with Gasteiger partial charge in [-0.1, -0.05) is 18.2 Å². The molecular weight excluding hydrogens is 374 g/mol. The van der Waals surface area contributed by atoms with Crippen LogP contribution in [0.25, 0.3) is 10.8 Å². The van der Waals surface area contributed by atoms with E-state index in [9.17, 15) is 14.4 Å². The zero-order valence-electron chi connectivity index (χ0n) is 16.3. The van der Waals surface area contributed by atoms with Crippen molar-refractivity contribution < 1.29 is 19.1 Å². The maximum Gasteiger partial charge on any atom is 0.360 e. The van der Waals surface area contributed by atoms with Gasteiger partial charge in [0.15, 0.2) is 11.8 Å². The van der Waals surface area contributed by atoms with Crippen LogP contribution in [-0.2, 0) is 16.6 Å². The Bertz CT molecular complexity index is 1110. The normalized spacial score (nSPS) is 11.7. The van der Waals surface area contributed by atoms with E-state index < -0.39 is 18.0 Å². The highest BCUT2D eigenvalue weighted by Crippen LogP contribution is 2.17. The number of aryl methyl sites for hydroxylation is 1. The number of ether oxygens (including phenoxy) is 2. The summed E-state index contributed by atoms with van der Waals surface area (Å²) < 4.78 is 11.7. The monoisotopic (exact) mass is 395 g/mol. The second-order valence-electron chi connectivity index (χ2n) is 6.32. The summed E-state index contributed by atoms with van der Waals surface area (Å²) in [6, 6.07) is 13.5. The zero-order valence-corrected chi connectivity index (χ0v) is 16.3. The molecule has 8 nitrogen and oxygen atoms in total. The molecular formula is C21H21N3O5. The van der Waals surface area contributed by atoms with Crippen molar-refractivity contribution in [3.05, 3.63) is 64.6 Å². The van der Waals surface area contributed by atoms with Gasteiger partial charge in [0, 0.05) is 18.1 Å². The van der Waals surface area contributed by atoms with Crippen LogP contribution in [-0.4, -0.2) is 34.4 Å². The summed E-state index contributed by atoms with van der Waals surface area (Å²) in [5.74, 6) is -0.583. The van der Waals surface area contributed by atoms with E-state index in [1.165, 1.54) is 14.0 Å². The summed E-state index contributed by atoms with van der Waals surface area (Å²) in [4.78, 5) is 37.2. The maximum absolute atomic E-state index is 12.6. The first kappa shape index (κ1) is 20.1. The van der Waals surface area contributed by atoms with Gasteiger partial charge in [-0.2, -0.15) is 5.10 Å². The fraction of sp³-hybridized carbons (Fsp3) is 0.238. The van der Waals surface area contributed by atoms with Gasteiger partial charge in [0.2, 0.25) is 0 Å². The smallest absolute Gasteiger partial charge is 0.360 e. The summed E-state index contributed by atoms with van der Waals surface area (Å²) in [6.07, 6.45) is -1.06. The van der Waals surface area contributed by atoms with Crippen molar-refractivity contribution in [3.8, 4) is 5.75 Å². The number of amides is 1. The number of anilines is 1. The zero-order chi connectivity index (χ0) is 21.0. The van der Waals surface area contributed by atoms with E-state index in [-0.39, 0.29) is 11.3 Å². The molecule has 29 heavy (non-hydrogen) atoms. The fourth-order valence-corrected chi connectivity index (χ4v) is 2.77. The number of rotatable bonds is 6. The predicted octanol–water partition coefficient (Wildman–Crippen LogP) is 2.52. The van der Waals surface area contributed by atoms with Crippen LogP contribution in [0, 0.1) is 0 Å². The second-order valence-corrected chi connectivity index (χ2v) is 6.32. The van der Waals surface area contributed by atoms with Gasteiger partial charge in [-0.3, -0.25) is 9.59 Å². The number of hydrogen-bond acceptors (Lipinski definition) is 6. The number of carbonyl (C=O) groups is 2. The number of carbonyl (C=O) groups excluding carboxylic acids is 2. The molecule has 0 fully saturated rings. The third kappa shape index (κ3) is 4.43. The standard InChI is InChI=1S/C21H21N3O5/c1-4-28-15-11-9-14(10-12-15)22-19(25)13(2)29-21(27)18-16-7-5-6-8-17(16)20(26)24(3)23-18/h5-13H,4H2,1-3H3,(H,22,25)/t13-/m1/s1. The third-order valence-corrected chi connectivity index (χ3v) is 4.24. The first-order valence-corrected chi connectivity index (χ1v) is 9.11. The van der Waals surface area contributed by atoms with Gasteiger partial charge >= 0.3 is 5.97 Å². The number of nitrogens with one attached hydrogen (secondary N) is 1. The van der Waals surface area contributed by atoms with E-state index >= 15 is 0 Å². The minimum atomic E-state index is -1.06. The molecule has 1 N–H and O–H groups in total. The Morgan fingerprint density at radius 2 is 1.76 bits per heavy atom. The first-order chi connectivity index (χ1) is 13.9.